The molecule has 5 aromatic rings. The van der Waals surface area contributed by atoms with E-state index in [2.05, 4.69) is 10.6 Å². The van der Waals surface area contributed by atoms with Crippen molar-refractivity contribution in [3.8, 4) is 34.1 Å². The lowest BCUT2D eigenvalue weighted by molar-refractivity contribution is -0.130. The largest absolute Gasteiger partial charge is 0.493 e. The molecule has 4 heterocycles. The maximum absolute atomic E-state index is 14.1. The van der Waals surface area contributed by atoms with Crippen LogP contribution in [-0.2, 0) is 14.3 Å². The number of nitrogens with zero attached hydrogens (tertiary/aromatic N) is 5. The van der Waals surface area contributed by atoms with Crippen molar-refractivity contribution in [1.82, 2.24) is 20.0 Å². The van der Waals surface area contributed by atoms with Gasteiger partial charge in [0.15, 0.2) is 29.1 Å². The smallest absolute Gasteiger partial charge is 0.411 e. The third kappa shape index (κ3) is 9.95. The van der Waals surface area contributed by atoms with E-state index < -0.39 is 36.1 Å². The van der Waals surface area contributed by atoms with E-state index in [0.717, 1.165) is 39.8 Å². The molecule has 1 saturated carbocycles. The van der Waals surface area contributed by atoms with Gasteiger partial charge in [0.1, 0.15) is 12.1 Å². The van der Waals surface area contributed by atoms with Gasteiger partial charge >= 0.3 is 6.09 Å². The number of carbonyl (C=O) groups is 5. The summed E-state index contributed by atoms with van der Waals surface area (Å²) in [4.78, 5) is 82.8. The second-order valence-corrected chi connectivity index (χ2v) is 20.8. The number of benzene rings is 5. The third-order valence-corrected chi connectivity index (χ3v) is 15.2. The minimum absolute atomic E-state index is 0.0886. The molecule has 6 aliphatic rings. The van der Waals surface area contributed by atoms with Crippen LogP contribution in [-0.4, -0.2) is 115 Å². The predicted octanol–water partition coefficient (Wildman–Crippen LogP) is 10.1. The van der Waals surface area contributed by atoms with E-state index in [0.29, 0.717) is 69.9 Å². The van der Waals surface area contributed by atoms with Gasteiger partial charge in [0.25, 0.3) is 11.8 Å². The van der Waals surface area contributed by atoms with Crippen LogP contribution in [0.1, 0.15) is 96.4 Å². The van der Waals surface area contributed by atoms with Gasteiger partial charge in [-0.2, -0.15) is 0 Å². The zero-order chi connectivity index (χ0) is 54.4. The van der Waals surface area contributed by atoms with Crippen molar-refractivity contribution in [2.75, 3.05) is 39.8 Å². The summed E-state index contributed by atoms with van der Waals surface area (Å²) in [6, 6.07) is 27.4. The molecule has 2 aliphatic carbocycles. The number of nitrogens with one attached hydrogen (secondary N) is 2. The zero-order valence-electron chi connectivity index (χ0n) is 44.4. The number of amides is 5. The molecule has 1 fully saturated rings. The van der Waals surface area contributed by atoms with Crippen molar-refractivity contribution in [2.24, 2.45) is 21.8 Å². The maximum atomic E-state index is 14.1. The number of carbonyl (C=O) groups excluding carboxylic acids is 5. The fraction of sp³-hybridized carbons (Fsp3) is 0.328. The number of hydrogen-bond acceptors (Lipinski definition) is 12. The van der Waals surface area contributed by atoms with Crippen LogP contribution >= 0.6 is 0 Å². The first-order valence-electron chi connectivity index (χ1n) is 26.5. The topological polar surface area (TPSA) is 190 Å². The Hall–Kier alpha value is -8.73. The maximum Gasteiger partial charge on any atom is 0.411 e. The fourth-order valence-electron chi connectivity index (χ4n) is 11.0. The quantitative estimate of drug-likeness (QED) is 0.0848. The predicted molar refractivity (Wildman–Crippen MR) is 295 cm³/mol. The molecule has 0 radical (unpaired) electrons. The van der Waals surface area contributed by atoms with Crippen molar-refractivity contribution in [3.63, 3.8) is 0 Å². The SMILES string of the molecule is COc1cc2c(cc1OCCCOc1cc3c(cc1OC)C(=O)N1C=C(C4CC4)CC1C=N3)N=CC1CC(c3ccc(NC(=O)[C@H](C)NC(=O)[C@H](C(C)C)N(C)C(=O)OC4c5ccccc5-c5ccccc54)cc3)=CN1C2=O. The standard InChI is InChI=1S/C61H61N7O10/c1-34(2)55(66(4)61(73)78-56-45-14-9-7-12-43(45)44-13-8-10-15-46(44)56)58(70)64-35(3)57(69)65-40-20-18-37(19-21-40)39-25-42-31-63-50-29-54(52(75-6)27-48(50)60(72)68(42)33-39)77-23-11-22-76-53-28-49-47(26-51(53)74-5)59(71)67-32-38(36-16-17-36)24-41(67)30-62-49/h7-10,12-15,18-21,26-36,41-42,55-56H,11,16-17,22-25H2,1-6H3,(H,64,70)(H,65,69)/t35-,41?,42?,55-/m0/s1. The molecule has 17 heteroatoms. The average molecular weight is 1050 g/mol. The molecule has 2 unspecified atom stereocenters. The summed E-state index contributed by atoms with van der Waals surface area (Å²) in [6.07, 6.45) is 10.4. The first kappa shape index (κ1) is 51.4. The van der Waals surface area contributed by atoms with Crippen LogP contribution in [0.5, 0.6) is 23.0 Å². The van der Waals surface area contributed by atoms with E-state index in [9.17, 15) is 24.0 Å². The van der Waals surface area contributed by atoms with Crippen LogP contribution < -0.4 is 29.6 Å². The molecule has 0 saturated heterocycles. The van der Waals surface area contributed by atoms with Crippen molar-refractivity contribution in [2.45, 2.75) is 83.1 Å². The van der Waals surface area contributed by atoms with Crippen molar-refractivity contribution >= 4 is 64.8 Å². The van der Waals surface area contributed by atoms with Crippen molar-refractivity contribution < 1.29 is 47.7 Å². The van der Waals surface area contributed by atoms with Gasteiger partial charge in [0.2, 0.25) is 11.8 Å². The Labute approximate surface area is 452 Å². The van der Waals surface area contributed by atoms with Gasteiger partial charge in [-0.15, -0.1) is 0 Å². The van der Waals surface area contributed by atoms with E-state index in [-0.39, 0.29) is 43.0 Å². The first-order valence-corrected chi connectivity index (χ1v) is 26.5. The van der Waals surface area contributed by atoms with Gasteiger partial charge in [-0.3, -0.25) is 34.1 Å². The molecule has 2 N–H and O–H groups in total. The highest BCUT2D eigenvalue weighted by atomic mass is 16.6. The van der Waals surface area contributed by atoms with Crippen LogP contribution in [0.2, 0.25) is 0 Å². The molecule has 400 valence electrons. The van der Waals surface area contributed by atoms with Crippen LogP contribution in [0.4, 0.5) is 21.9 Å². The number of hydrogen-bond donors (Lipinski definition) is 2. The number of fused-ring (bicyclic) bond motifs is 7. The molecule has 0 aromatic heterocycles. The lowest BCUT2D eigenvalue weighted by Gasteiger charge is -2.31. The van der Waals surface area contributed by atoms with Gasteiger partial charge < -0.3 is 44.1 Å². The summed E-state index contributed by atoms with van der Waals surface area (Å²) in [7, 11) is 4.60. The van der Waals surface area contributed by atoms with E-state index >= 15 is 0 Å². The first-order chi connectivity index (χ1) is 37.8. The molecule has 4 aliphatic heterocycles. The van der Waals surface area contributed by atoms with Gasteiger partial charge in [-0.05, 0) is 90.1 Å². The Kier molecular flexibility index (Phi) is 14.1. The third-order valence-electron chi connectivity index (χ3n) is 15.2. The summed E-state index contributed by atoms with van der Waals surface area (Å²) in [5.74, 6) is 0.744. The van der Waals surface area contributed by atoms with E-state index in [1.54, 1.807) is 66.4 Å². The molecule has 17 nitrogen and oxygen atoms in total. The van der Waals surface area contributed by atoms with Crippen LogP contribution in [0.15, 0.2) is 125 Å². The van der Waals surface area contributed by atoms with Gasteiger partial charge in [0, 0.05) is 73.7 Å². The zero-order valence-corrected chi connectivity index (χ0v) is 44.4. The highest BCUT2D eigenvalue weighted by molar-refractivity contribution is 6.06. The molecule has 4 atom stereocenters. The number of aliphatic imine (C=N–C) groups is 2. The Bertz CT molecular complexity index is 3320. The number of anilines is 1. The molecular formula is C61H61N7O10. The number of ether oxygens (including phenoxy) is 5. The summed E-state index contributed by atoms with van der Waals surface area (Å²) in [5.41, 5.74) is 9.18. The molecular weight excluding hydrogens is 991 g/mol. The summed E-state index contributed by atoms with van der Waals surface area (Å²) in [6.45, 7) is 5.81. The van der Waals surface area contributed by atoms with E-state index in [4.69, 9.17) is 33.7 Å². The van der Waals surface area contributed by atoms with Gasteiger partial charge in [0.05, 0.1) is 62.0 Å². The molecule has 78 heavy (non-hydrogen) atoms. The fourth-order valence-corrected chi connectivity index (χ4v) is 11.0. The summed E-state index contributed by atoms with van der Waals surface area (Å²) < 4.78 is 29.7. The van der Waals surface area contributed by atoms with Crippen LogP contribution in [0.3, 0.4) is 0 Å². The normalized spacial score (nSPS) is 18.4. The van der Waals surface area contributed by atoms with Gasteiger partial charge in [-0.25, -0.2) is 4.79 Å². The minimum Gasteiger partial charge on any atom is -0.493 e. The average Bonchev–Trinajstić information content (AvgIpc) is 4.22. The second kappa shape index (κ2) is 21.4. The molecule has 11 rings (SSSR count). The van der Waals surface area contributed by atoms with E-state index in [1.165, 1.54) is 37.5 Å². The Morgan fingerprint density at radius 2 is 1.23 bits per heavy atom. The number of rotatable bonds is 17. The van der Waals surface area contributed by atoms with Crippen LogP contribution in [0, 0.1) is 11.8 Å². The van der Waals surface area contributed by atoms with Gasteiger partial charge in [-0.1, -0.05) is 74.5 Å². The molecule has 0 bridgehead atoms. The van der Waals surface area contributed by atoms with E-state index in [1.807, 2.05) is 93.1 Å². The molecule has 0 spiro atoms. The molecule has 5 aromatic carbocycles. The Morgan fingerprint density at radius 3 is 1.78 bits per heavy atom. The monoisotopic (exact) mass is 1050 g/mol. The van der Waals surface area contributed by atoms with Crippen LogP contribution in [0.25, 0.3) is 16.7 Å². The second-order valence-electron chi connectivity index (χ2n) is 20.8. The number of likely N-dealkylation sites (N-methyl/N-ethyl adjacent to an activating group) is 1. The highest BCUT2D eigenvalue weighted by Gasteiger charge is 2.40. The summed E-state index contributed by atoms with van der Waals surface area (Å²) >= 11 is 0. The van der Waals surface area contributed by atoms with Crippen molar-refractivity contribution in [1.29, 1.82) is 0 Å². The highest BCUT2D eigenvalue weighted by Crippen LogP contribution is 2.47. The Morgan fingerprint density at radius 1 is 0.679 bits per heavy atom. The number of methoxy groups -OCH3 is 2. The lowest BCUT2D eigenvalue weighted by Crippen LogP contribution is -2.54. The minimum atomic E-state index is -0.938. The Balaban J connectivity index is 0.671. The summed E-state index contributed by atoms with van der Waals surface area (Å²) in [5, 5.41) is 5.68. The lowest BCUT2D eigenvalue weighted by atomic mass is 10.0. The van der Waals surface area contributed by atoms with Crippen molar-refractivity contribution in [3.05, 3.63) is 143 Å². The molecule has 5 amide bonds.